The van der Waals surface area contributed by atoms with Crippen molar-refractivity contribution in [2.24, 2.45) is 5.16 Å². The van der Waals surface area contributed by atoms with Gasteiger partial charge in [0.25, 0.3) is 0 Å². The molecule has 15 heteroatoms. The highest BCUT2D eigenvalue weighted by atomic mass is 32.2. The Labute approximate surface area is 214 Å². The maximum Gasteiger partial charge on any atom is 0.433 e. The van der Waals surface area contributed by atoms with E-state index in [1.165, 1.54) is 12.1 Å². The van der Waals surface area contributed by atoms with Crippen LogP contribution >= 0.6 is 0 Å². The second kappa shape index (κ2) is 10.4. The molecule has 1 aliphatic heterocycles. The predicted octanol–water partition coefficient (Wildman–Crippen LogP) is 3.00. The minimum atomic E-state index is -4.59. The number of rotatable bonds is 7. The van der Waals surface area contributed by atoms with Crippen LogP contribution in [-0.4, -0.2) is 57.1 Å². The molecule has 38 heavy (non-hydrogen) atoms. The molecular weight excluding hydrogens is 532 g/mol. The normalized spacial score (nSPS) is 18.6. The summed E-state index contributed by atoms with van der Waals surface area (Å²) in [5, 5.41) is 14.8. The first-order chi connectivity index (χ1) is 18.0. The standard InChI is InChI=1S/C23H20F4N6O4S/c24-16-3-5-18(6-4-16)38(36,37)33-9-1-8-22(33,13-32-35)21(34)29-12-17-10-19(31-14-30-17)15-2-7-20(28-11-15)23(25,26)27/h2-7,10-11,13-14,35H,1,8-9,12H2,(H,29,34)/t22-/m1/s1. The van der Waals surface area contributed by atoms with Crippen molar-refractivity contribution in [1.29, 1.82) is 0 Å². The Kier molecular flexibility index (Phi) is 7.42. The Hall–Kier alpha value is -3.98. The van der Waals surface area contributed by atoms with Crippen LogP contribution in [0.4, 0.5) is 17.6 Å². The second-order valence-corrected chi connectivity index (χ2v) is 10.2. The summed E-state index contributed by atoms with van der Waals surface area (Å²) < 4.78 is 79.1. The zero-order valence-electron chi connectivity index (χ0n) is 19.4. The smallest absolute Gasteiger partial charge is 0.411 e. The highest BCUT2D eigenvalue weighted by molar-refractivity contribution is 7.89. The molecule has 1 atom stereocenters. The number of aromatic nitrogens is 3. The van der Waals surface area contributed by atoms with Crippen LogP contribution in [0.2, 0.25) is 0 Å². The van der Waals surface area contributed by atoms with Gasteiger partial charge in [-0.2, -0.15) is 17.5 Å². The maximum atomic E-state index is 13.3. The summed E-state index contributed by atoms with van der Waals surface area (Å²) in [6.45, 7) is -0.258. The Bertz CT molecular complexity index is 1450. The third-order valence-corrected chi connectivity index (χ3v) is 7.89. The highest BCUT2D eigenvalue weighted by Crippen LogP contribution is 2.34. The second-order valence-electron chi connectivity index (χ2n) is 8.31. The van der Waals surface area contributed by atoms with Gasteiger partial charge in [0.15, 0.2) is 5.54 Å². The summed E-state index contributed by atoms with van der Waals surface area (Å²) in [5.41, 5.74) is -2.13. The van der Waals surface area contributed by atoms with Crippen LogP contribution in [0.25, 0.3) is 11.3 Å². The van der Waals surface area contributed by atoms with Crippen molar-refractivity contribution in [3.8, 4) is 11.3 Å². The first-order valence-corrected chi connectivity index (χ1v) is 12.5. The lowest BCUT2D eigenvalue weighted by molar-refractivity contribution is -0.141. The Balaban J connectivity index is 1.55. The van der Waals surface area contributed by atoms with E-state index >= 15 is 0 Å². The molecule has 0 unspecified atom stereocenters. The molecule has 1 saturated heterocycles. The fraction of sp³-hybridized carbons (Fsp3) is 0.261. The lowest BCUT2D eigenvalue weighted by Crippen LogP contribution is -2.58. The van der Waals surface area contributed by atoms with E-state index in [2.05, 4.69) is 25.4 Å². The van der Waals surface area contributed by atoms with Gasteiger partial charge in [-0.25, -0.2) is 22.8 Å². The molecular formula is C23H20F4N6O4S. The monoisotopic (exact) mass is 552 g/mol. The lowest BCUT2D eigenvalue weighted by atomic mass is 9.98. The van der Waals surface area contributed by atoms with E-state index in [0.717, 1.165) is 53.4 Å². The molecule has 1 amide bonds. The van der Waals surface area contributed by atoms with Crippen molar-refractivity contribution in [1.82, 2.24) is 24.6 Å². The molecule has 2 aromatic heterocycles. The van der Waals surface area contributed by atoms with Crippen molar-refractivity contribution in [3.05, 3.63) is 72.2 Å². The predicted molar refractivity (Wildman–Crippen MR) is 125 cm³/mol. The van der Waals surface area contributed by atoms with Crippen LogP contribution in [0.15, 0.2) is 65.0 Å². The Morgan fingerprint density at radius 3 is 2.53 bits per heavy atom. The number of hydrogen-bond acceptors (Lipinski definition) is 8. The van der Waals surface area contributed by atoms with E-state index in [0.29, 0.717) is 0 Å². The van der Waals surface area contributed by atoms with Gasteiger partial charge in [0.2, 0.25) is 15.9 Å². The molecule has 3 aromatic rings. The van der Waals surface area contributed by atoms with Gasteiger partial charge in [-0.05, 0) is 55.3 Å². The first-order valence-electron chi connectivity index (χ1n) is 11.1. The SMILES string of the molecule is O=C(NCc1cc(-c2ccc(C(F)(F)F)nc2)ncn1)[C@]1(C=NO)CCCN1S(=O)(=O)c1ccc(F)cc1. The van der Waals surface area contributed by atoms with E-state index in [1.54, 1.807) is 0 Å². The number of carbonyl (C=O) groups is 1. The number of halogens is 4. The van der Waals surface area contributed by atoms with Crippen LogP contribution in [0.3, 0.4) is 0 Å². The molecule has 0 spiro atoms. The van der Waals surface area contributed by atoms with Crippen LogP contribution in [0.1, 0.15) is 24.2 Å². The molecule has 0 saturated carbocycles. The van der Waals surface area contributed by atoms with Crippen molar-refractivity contribution in [3.63, 3.8) is 0 Å². The minimum Gasteiger partial charge on any atom is -0.411 e. The number of oxime groups is 1. The van der Waals surface area contributed by atoms with Crippen molar-refractivity contribution in [2.75, 3.05) is 6.54 Å². The molecule has 3 heterocycles. The summed E-state index contributed by atoms with van der Waals surface area (Å²) in [6.07, 6.45) is -1.31. The zero-order valence-corrected chi connectivity index (χ0v) is 20.2. The van der Waals surface area contributed by atoms with Gasteiger partial charge in [0.05, 0.1) is 29.0 Å². The van der Waals surface area contributed by atoms with E-state index in [4.69, 9.17) is 0 Å². The Morgan fingerprint density at radius 1 is 1.16 bits per heavy atom. The summed E-state index contributed by atoms with van der Waals surface area (Å²) >= 11 is 0. The van der Waals surface area contributed by atoms with Crippen LogP contribution < -0.4 is 5.32 Å². The maximum absolute atomic E-state index is 13.3. The third-order valence-electron chi connectivity index (χ3n) is 5.93. The number of nitrogens with one attached hydrogen (secondary N) is 1. The Morgan fingerprint density at radius 2 is 1.89 bits per heavy atom. The number of sulfonamides is 1. The van der Waals surface area contributed by atoms with Crippen LogP contribution in [0.5, 0.6) is 0 Å². The number of nitrogens with zero attached hydrogens (tertiary/aromatic N) is 5. The molecule has 0 aliphatic carbocycles. The van der Waals surface area contributed by atoms with Gasteiger partial charge in [0, 0.05) is 18.3 Å². The quantitative estimate of drug-likeness (QED) is 0.199. The van der Waals surface area contributed by atoms with E-state index < -0.39 is 39.2 Å². The fourth-order valence-corrected chi connectivity index (χ4v) is 5.84. The van der Waals surface area contributed by atoms with Gasteiger partial charge in [-0.15, -0.1) is 0 Å². The van der Waals surface area contributed by atoms with E-state index in [1.807, 2.05) is 0 Å². The van der Waals surface area contributed by atoms with Crippen molar-refractivity contribution >= 4 is 22.1 Å². The van der Waals surface area contributed by atoms with E-state index in [9.17, 15) is 36.0 Å². The molecule has 10 nitrogen and oxygen atoms in total. The number of benzene rings is 1. The van der Waals surface area contributed by atoms with Crippen molar-refractivity contribution in [2.45, 2.75) is 36.0 Å². The number of pyridine rings is 1. The van der Waals surface area contributed by atoms with Crippen molar-refractivity contribution < 1.29 is 36.0 Å². The number of amides is 1. The molecule has 2 N–H and O–H groups in total. The lowest BCUT2D eigenvalue weighted by Gasteiger charge is -2.32. The summed E-state index contributed by atoms with van der Waals surface area (Å²) in [5.74, 6) is -1.43. The minimum absolute atomic E-state index is 0.00949. The van der Waals surface area contributed by atoms with Gasteiger partial charge in [-0.1, -0.05) is 5.16 Å². The molecule has 4 rings (SSSR count). The fourth-order valence-electron chi connectivity index (χ4n) is 4.08. The summed E-state index contributed by atoms with van der Waals surface area (Å²) in [7, 11) is -4.28. The number of hydrogen-bond donors (Lipinski definition) is 2. The highest BCUT2D eigenvalue weighted by Gasteiger charge is 2.52. The molecule has 0 bridgehead atoms. The molecule has 1 fully saturated rings. The van der Waals surface area contributed by atoms with Crippen LogP contribution in [-0.2, 0) is 27.5 Å². The average Bonchev–Trinajstić information content (AvgIpc) is 3.33. The van der Waals surface area contributed by atoms with Gasteiger partial charge >= 0.3 is 6.18 Å². The average molecular weight is 553 g/mol. The zero-order chi connectivity index (χ0) is 27.6. The number of carbonyl (C=O) groups excluding carboxylic acids is 1. The van der Waals surface area contributed by atoms with Gasteiger partial charge < -0.3 is 10.5 Å². The first kappa shape index (κ1) is 27.1. The molecule has 200 valence electrons. The third kappa shape index (κ3) is 5.33. The van der Waals surface area contributed by atoms with Crippen LogP contribution in [0, 0.1) is 5.82 Å². The van der Waals surface area contributed by atoms with Gasteiger partial charge in [0.1, 0.15) is 17.8 Å². The largest absolute Gasteiger partial charge is 0.433 e. The van der Waals surface area contributed by atoms with Gasteiger partial charge in [-0.3, -0.25) is 9.78 Å². The van der Waals surface area contributed by atoms with E-state index in [-0.39, 0.29) is 47.8 Å². The molecule has 0 radical (unpaired) electrons. The topological polar surface area (TPSA) is 138 Å². The number of alkyl halides is 3. The summed E-state index contributed by atoms with van der Waals surface area (Å²) in [4.78, 5) is 24.5. The summed E-state index contributed by atoms with van der Waals surface area (Å²) in [6, 6.07) is 7.53. The molecule has 1 aromatic carbocycles. The molecule has 1 aliphatic rings.